The van der Waals surface area contributed by atoms with E-state index < -0.39 is 0 Å². The maximum Gasteiger partial charge on any atom is 0.265 e. The molecule has 0 saturated heterocycles. The lowest BCUT2D eigenvalue weighted by Gasteiger charge is -2.09. The Hall–Kier alpha value is -0.650. The third-order valence-electron chi connectivity index (χ3n) is 2.78. The van der Waals surface area contributed by atoms with Crippen molar-refractivity contribution >= 4 is 54.8 Å². The van der Waals surface area contributed by atoms with Crippen LogP contribution in [0.4, 0.5) is 5.69 Å². The fourth-order valence-electron chi connectivity index (χ4n) is 1.73. The summed E-state index contributed by atoms with van der Waals surface area (Å²) in [5, 5.41) is 2.98. The van der Waals surface area contributed by atoms with Crippen LogP contribution in [0.2, 0.25) is 0 Å². The summed E-state index contributed by atoms with van der Waals surface area (Å²) in [4.78, 5) is 12.9. The van der Waals surface area contributed by atoms with Gasteiger partial charge in [-0.3, -0.25) is 4.79 Å². The smallest absolute Gasteiger partial charge is 0.265 e. The molecule has 19 heavy (non-hydrogen) atoms. The maximum atomic E-state index is 12.2. The molecule has 100 valence electrons. The molecular formula is C14H13Br2NOS. The molecule has 1 aromatic heterocycles. The Kier molecular flexibility index (Phi) is 4.81. The van der Waals surface area contributed by atoms with Gasteiger partial charge < -0.3 is 5.32 Å². The molecule has 5 heteroatoms. The van der Waals surface area contributed by atoms with Crippen LogP contribution < -0.4 is 5.32 Å². The average Bonchev–Trinajstić information content (AvgIpc) is 2.72. The molecule has 0 aliphatic carbocycles. The highest BCUT2D eigenvalue weighted by molar-refractivity contribution is 9.11. The number of nitrogens with one attached hydrogen (secondary N) is 1. The zero-order valence-corrected chi connectivity index (χ0v) is 14.6. The second-order valence-electron chi connectivity index (χ2n) is 4.18. The molecule has 1 heterocycles. The van der Waals surface area contributed by atoms with Crippen LogP contribution in [0.1, 0.15) is 27.7 Å². The Balaban J connectivity index is 2.23. The summed E-state index contributed by atoms with van der Waals surface area (Å²) >= 11 is 8.34. The molecule has 1 amide bonds. The number of aryl methyl sites for hydroxylation is 2. The van der Waals surface area contributed by atoms with Crippen LogP contribution in [0.25, 0.3) is 0 Å². The van der Waals surface area contributed by atoms with Crippen molar-refractivity contribution in [2.24, 2.45) is 0 Å². The number of hydrogen-bond donors (Lipinski definition) is 1. The van der Waals surface area contributed by atoms with Gasteiger partial charge in [-0.1, -0.05) is 22.9 Å². The third-order valence-corrected chi connectivity index (χ3v) is 5.41. The van der Waals surface area contributed by atoms with E-state index in [9.17, 15) is 4.79 Å². The summed E-state index contributed by atoms with van der Waals surface area (Å²) in [6.07, 6.45) is 0.877. The fourth-order valence-corrected chi connectivity index (χ4v) is 3.57. The zero-order chi connectivity index (χ0) is 14.0. The summed E-state index contributed by atoms with van der Waals surface area (Å²) in [7, 11) is 0. The van der Waals surface area contributed by atoms with E-state index in [1.165, 1.54) is 11.3 Å². The number of carbonyl (C=O) groups is 1. The molecule has 2 aromatic rings. The van der Waals surface area contributed by atoms with E-state index in [0.717, 1.165) is 31.5 Å². The highest BCUT2D eigenvalue weighted by atomic mass is 79.9. The van der Waals surface area contributed by atoms with Gasteiger partial charge in [-0.05, 0) is 64.7 Å². The SMILES string of the molecule is CCc1cc(Br)ccc1NC(=O)c1cc(C)c(Br)s1. The van der Waals surface area contributed by atoms with Crippen molar-refractivity contribution in [3.8, 4) is 0 Å². The number of carbonyl (C=O) groups excluding carboxylic acids is 1. The largest absolute Gasteiger partial charge is 0.321 e. The van der Waals surface area contributed by atoms with E-state index in [0.29, 0.717) is 4.88 Å². The van der Waals surface area contributed by atoms with Gasteiger partial charge in [-0.2, -0.15) is 0 Å². The predicted octanol–water partition coefficient (Wildman–Crippen LogP) is 5.40. The second-order valence-corrected chi connectivity index (χ2v) is 7.46. The first kappa shape index (κ1) is 14.8. The monoisotopic (exact) mass is 401 g/mol. The number of hydrogen-bond acceptors (Lipinski definition) is 2. The third kappa shape index (κ3) is 3.46. The van der Waals surface area contributed by atoms with Gasteiger partial charge in [0.1, 0.15) is 0 Å². The molecule has 0 fully saturated rings. The molecule has 0 aliphatic heterocycles. The Morgan fingerprint density at radius 1 is 1.32 bits per heavy atom. The van der Waals surface area contributed by atoms with Crippen molar-refractivity contribution in [2.45, 2.75) is 20.3 Å². The molecule has 0 radical (unpaired) electrons. The molecule has 0 saturated carbocycles. The summed E-state index contributed by atoms with van der Waals surface area (Å²) in [6.45, 7) is 4.05. The quantitative estimate of drug-likeness (QED) is 0.731. The molecule has 0 unspecified atom stereocenters. The molecule has 2 nitrogen and oxygen atoms in total. The van der Waals surface area contributed by atoms with Gasteiger partial charge in [0.2, 0.25) is 0 Å². The van der Waals surface area contributed by atoms with Gasteiger partial charge >= 0.3 is 0 Å². The summed E-state index contributed by atoms with van der Waals surface area (Å²) in [6, 6.07) is 7.79. The van der Waals surface area contributed by atoms with Crippen molar-refractivity contribution in [3.63, 3.8) is 0 Å². The van der Waals surface area contributed by atoms with E-state index in [2.05, 4.69) is 44.1 Å². The first-order valence-corrected chi connectivity index (χ1v) is 8.27. The lowest BCUT2D eigenvalue weighted by atomic mass is 10.1. The second kappa shape index (κ2) is 6.20. The van der Waals surface area contributed by atoms with Crippen molar-refractivity contribution in [1.29, 1.82) is 0 Å². The van der Waals surface area contributed by atoms with Gasteiger partial charge in [0.15, 0.2) is 0 Å². The predicted molar refractivity (Wildman–Crippen MR) is 88.2 cm³/mol. The molecule has 0 aliphatic rings. The first-order chi connectivity index (χ1) is 9.01. The minimum Gasteiger partial charge on any atom is -0.321 e. The van der Waals surface area contributed by atoms with Crippen LogP contribution in [0.15, 0.2) is 32.5 Å². The van der Waals surface area contributed by atoms with Crippen molar-refractivity contribution < 1.29 is 4.79 Å². The highest BCUT2D eigenvalue weighted by Gasteiger charge is 2.13. The van der Waals surface area contributed by atoms with Gasteiger partial charge in [-0.25, -0.2) is 0 Å². The lowest BCUT2D eigenvalue weighted by molar-refractivity contribution is 0.103. The van der Waals surface area contributed by atoms with E-state index in [4.69, 9.17) is 0 Å². The molecule has 0 atom stereocenters. The van der Waals surface area contributed by atoms with E-state index >= 15 is 0 Å². The summed E-state index contributed by atoms with van der Waals surface area (Å²) in [5.74, 6) is -0.0594. The number of benzene rings is 1. The topological polar surface area (TPSA) is 29.1 Å². The van der Waals surface area contributed by atoms with Crippen LogP contribution in [-0.4, -0.2) is 5.91 Å². The first-order valence-electron chi connectivity index (χ1n) is 5.87. The molecule has 2 rings (SSSR count). The van der Waals surface area contributed by atoms with E-state index in [-0.39, 0.29) is 5.91 Å². The van der Waals surface area contributed by atoms with Gasteiger partial charge in [0, 0.05) is 10.2 Å². The highest BCUT2D eigenvalue weighted by Crippen LogP contribution is 2.28. The molecular weight excluding hydrogens is 390 g/mol. The normalized spacial score (nSPS) is 10.5. The maximum absolute atomic E-state index is 12.2. The Morgan fingerprint density at radius 2 is 2.05 bits per heavy atom. The van der Waals surface area contributed by atoms with Crippen LogP contribution in [0.3, 0.4) is 0 Å². The van der Waals surface area contributed by atoms with Gasteiger partial charge in [-0.15, -0.1) is 11.3 Å². The molecule has 1 aromatic carbocycles. The fraction of sp³-hybridized carbons (Fsp3) is 0.214. The van der Waals surface area contributed by atoms with Crippen LogP contribution in [-0.2, 0) is 6.42 Å². The van der Waals surface area contributed by atoms with Crippen molar-refractivity contribution in [2.75, 3.05) is 5.32 Å². The Bertz CT molecular complexity index is 602. The Morgan fingerprint density at radius 3 is 2.63 bits per heavy atom. The Labute approximate surface area is 133 Å². The average molecular weight is 403 g/mol. The van der Waals surface area contributed by atoms with Crippen LogP contribution in [0.5, 0.6) is 0 Å². The van der Waals surface area contributed by atoms with E-state index in [1.54, 1.807) is 0 Å². The van der Waals surface area contributed by atoms with Gasteiger partial charge in [0.25, 0.3) is 5.91 Å². The molecule has 0 bridgehead atoms. The van der Waals surface area contributed by atoms with Gasteiger partial charge in [0.05, 0.1) is 8.66 Å². The van der Waals surface area contributed by atoms with Crippen LogP contribution in [0, 0.1) is 6.92 Å². The van der Waals surface area contributed by atoms with Crippen LogP contribution >= 0.6 is 43.2 Å². The summed E-state index contributed by atoms with van der Waals surface area (Å²) < 4.78 is 2.03. The standard InChI is InChI=1S/C14H13Br2NOS/c1-3-9-7-10(15)4-5-11(9)17-14(18)12-6-8(2)13(16)19-12/h4-7H,3H2,1-2H3,(H,17,18). The lowest BCUT2D eigenvalue weighted by Crippen LogP contribution is -2.11. The number of halogens is 2. The van der Waals surface area contributed by atoms with Crippen molar-refractivity contribution in [3.05, 3.63) is 48.5 Å². The van der Waals surface area contributed by atoms with E-state index in [1.807, 2.05) is 31.2 Å². The number of thiophene rings is 1. The zero-order valence-electron chi connectivity index (χ0n) is 10.6. The number of amides is 1. The minimum absolute atomic E-state index is 0.0594. The summed E-state index contributed by atoms with van der Waals surface area (Å²) in [5.41, 5.74) is 3.08. The number of rotatable bonds is 3. The molecule has 0 spiro atoms. The minimum atomic E-state index is -0.0594. The van der Waals surface area contributed by atoms with Crippen molar-refractivity contribution in [1.82, 2.24) is 0 Å². The molecule has 1 N–H and O–H groups in total. The number of anilines is 1.